The van der Waals surface area contributed by atoms with E-state index < -0.39 is 5.82 Å². The predicted octanol–water partition coefficient (Wildman–Crippen LogP) is 4.58. The molecule has 190 valence electrons. The van der Waals surface area contributed by atoms with E-state index in [9.17, 15) is 9.18 Å². The summed E-state index contributed by atoms with van der Waals surface area (Å²) >= 11 is 0. The number of nitrogens with one attached hydrogen (secondary N) is 1. The highest BCUT2D eigenvalue weighted by Gasteiger charge is 2.31. The van der Waals surface area contributed by atoms with Crippen LogP contribution < -0.4 is 15.4 Å². The van der Waals surface area contributed by atoms with Crippen LogP contribution >= 0.6 is 0 Å². The molecule has 5 aromatic rings. The van der Waals surface area contributed by atoms with Crippen LogP contribution in [0, 0.1) is 5.82 Å². The fraction of sp³-hybridized carbons (Fsp3) is 0.143. The second-order valence-electron chi connectivity index (χ2n) is 9.04. The van der Waals surface area contributed by atoms with Gasteiger partial charge in [-0.05, 0) is 36.3 Å². The molecular weight excluding hydrogens is 485 g/mol. The number of fused-ring (bicyclic) bond motifs is 3. The van der Waals surface area contributed by atoms with Gasteiger partial charge in [-0.2, -0.15) is 5.10 Å². The van der Waals surface area contributed by atoms with E-state index in [0.717, 1.165) is 16.6 Å². The molecule has 10 heteroatoms. The van der Waals surface area contributed by atoms with Crippen molar-refractivity contribution in [3.8, 4) is 17.1 Å². The number of anilines is 2. The van der Waals surface area contributed by atoms with Gasteiger partial charge in [-0.1, -0.05) is 37.4 Å². The summed E-state index contributed by atoms with van der Waals surface area (Å²) in [5, 5.41) is 6.24. The zero-order valence-corrected chi connectivity index (χ0v) is 20.4. The summed E-state index contributed by atoms with van der Waals surface area (Å²) in [4.78, 5) is 26.4. The lowest BCUT2D eigenvalue weighted by molar-refractivity contribution is -0.114. The Bertz CT molecular complexity index is 1740. The maximum atomic E-state index is 14.6. The Hall–Kier alpha value is -4.99. The van der Waals surface area contributed by atoms with E-state index in [1.165, 1.54) is 18.5 Å². The van der Waals surface area contributed by atoms with Crippen molar-refractivity contribution in [3.63, 3.8) is 0 Å². The zero-order valence-electron chi connectivity index (χ0n) is 20.4. The van der Waals surface area contributed by atoms with Crippen molar-refractivity contribution in [1.29, 1.82) is 0 Å². The van der Waals surface area contributed by atoms with Gasteiger partial charge in [0.1, 0.15) is 24.4 Å². The van der Waals surface area contributed by atoms with Gasteiger partial charge in [0.25, 0.3) is 0 Å². The molecule has 9 nitrogen and oxygen atoms in total. The molecule has 1 unspecified atom stereocenters. The lowest BCUT2D eigenvalue weighted by atomic mass is 9.97. The third-order valence-electron chi connectivity index (χ3n) is 6.72. The minimum Gasteiger partial charge on any atom is -0.486 e. The Morgan fingerprint density at radius 2 is 2.08 bits per heavy atom. The van der Waals surface area contributed by atoms with E-state index in [1.807, 2.05) is 30.3 Å². The first-order valence-electron chi connectivity index (χ1n) is 12.0. The minimum atomic E-state index is -0.487. The smallest absolute Gasteiger partial charge is 0.250 e. The minimum absolute atomic E-state index is 0.133. The van der Waals surface area contributed by atoms with Crippen LogP contribution in [0.2, 0.25) is 0 Å². The molecule has 1 amide bonds. The number of aromatic amines is 1. The Balaban J connectivity index is 1.48. The standard InChI is InChI=1S/C28H24FN7O2/c1-3-9-38-23-12-17-11-21(33-20(17)13-19(23)29)26-25-27(30)31-15-32-28(25)36(34-26)18-10-16-7-5-6-8-22(16)35(14-18)24(37)4-2/h3-8,11-13,15,18,33H,1-2,9-10,14H2,(H2,30,31,32). The molecule has 0 radical (unpaired) electrons. The number of aromatic nitrogens is 5. The second-order valence-corrected chi connectivity index (χ2v) is 9.04. The Morgan fingerprint density at radius 1 is 1.24 bits per heavy atom. The number of hydrogen-bond donors (Lipinski definition) is 2. The Kier molecular flexibility index (Phi) is 5.64. The fourth-order valence-electron chi connectivity index (χ4n) is 5.02. The Labute approximate surface area is 217 Å². The van der Waals surface area contributed by atoms with Crippen molar-refractivity contribution < 1.29 is 13.9 Å². The number of H-pyrrole nitrogens is 1. The van der Waals surface area contributed by atoms with Crippen LogP contribution in [-0.2, 0) is 11.2 Å². The number of halogens is 1. The van der Waals surface area contributed by atoms with Crippen molar-refractivity contribution in [1.82, 2.24) is 24.7 Å². The number of benzene rings is 2. The van der Waals surface area contributed by atoms with E-state index >= 15 is 0 Å². The topological polar surface area (TPSA) is 115 Å². The highest BCUT2D eigenvalue weighted by molar-refractivity contribution is 6.02. The van der Waals surface area contributed by atoms with Crippen molar-refractivity contribution in [3.05, 3.63) is 85.5 Å². The van der Waals surface area contributed by atoms with Crippen LogP contribution in [0.25, 0.3) is 33.3 Å². The highest BCUT2D eigenvalue weighted by Crippen LogP contribution is 2.37. The largest absolute Gasteiger partial charge is 0.486 e. The molecule has 0 aliphatic carbocycles. The van der Waals surface area contributed by atoms with E-state index in [4.69, 9.17) is 15.6 Å². The molecule has 0 saturated carbocycles. The third kappa shape index (κ3) is 3.78. The van der Waals surface area contributed by atoms with Crippen LogP contribution in [0.3, 0.4) is 0 Å². The average molecular weight is 510 g/mol. The summed E-state index contributed by atoms with van der Waals surface area (Å²) in [7, 11) is 0. The lowest BCUT2D eigenvalue weighted by Crippen LogP contribution is -2.40. The summed E-state index contributed by atoms with van der Waals surface area (Å²) in [5.41, 5.74) is 10.5. The number of carbonyl (C=O) groups excluding carboxylic acids is 1. The summed E-state index contributed by atoms with van der Waals surface area (Å²) < 4.78 is 21.8. The predicted molar refractivity (Wildman–Crippen MR) is 144 cm³/mol. The molecule has 0 bridgehead atoms. The van der Waals surface area contributed by atoms with Crippen molar-refractivity contribution in [2.45, 2.75) is 12.5 Å². The average Bonchev–Trinajstić information content (AvgIpc) is 3.52. The van der Waals surface area contributed by atoms with E-state index in [2.05, 4.69) is 28.1 Å². The van der Waals surface area contributed by atoms with Gasteiger partial charge in [0.05, 0.1) is 17.1 Å². The van der Waals surface area contributed by atoms with E-state index in [-0.39, 0.29) is 30.1 Å². The molecule has 3 N–H and O–H groups in total. The first kappa shape index (κ1) is 23.4. The second kappa shape index (κ2) is 9.15. The summed E-state index contributed by atoms with van der Waals surface area (Å²) in [5.74, 6) is -0.278. The van der Waals surface area contributed by atoms with Crippen LogP contribution in [0.5, 0.6) is 5.75 Å². The molecule has 1 atom stereocenters. The first-order chi connectivity index (χ1) is 18.5. The maximum absolute atomic E-state index is 14.6. The number of nitrogen functional groups attached to an aromatic ring is 1. The van der Waals surface area contributed by atoms with Crippen molar-refractivity contribution in [2.75, 3.05) is 23.8 Å². The van der Waals surface area contributed by atoms with Crippen LogP contribution in [0.4, 0.5) is 15.9 Å². The molecule has 0 spiro atoms. The summed E-state index contributed by atoms with van der Waals surface area (Å²) in [6, 6.07) is 12.4. The molecule has 38 heavy (non-hydrogen) atoms. The fourth-order valence-corrected chi connectivity index (χ4v) is 5.02. The van der Waals surface area contributed by atoms with Gasteiger partial charge in [-0.25, -0.2) is 19.0 Å². The molecule has 0 fully saturated rings. The summed E-state index contributed by atoms with van der Waals surface area (Å²) in [6.07, 6.45) is 4.90. The summed E-state index contributed by atoms with van der Waals surface area (Å²) in [6.45, 7) is 7.84. The number of amides is 1. The van der Waals surface area contributed by atoms with Gasteiger partial charge in [-0.3, -0.25) is 4.79 Å². The number of nitrogens with zero attached hydrogens (tertiary/aromatic N) is 5. The van der Waals surface area contributed by atoms with Gasteiger partial charge in [-0.15, -0.1) is 0 Å². The quantitative estimate of drug-likeness (QED) is 0.256. The van der Waals surface area contributed by atoms with Gasteiger partial charge >= 0.3 is 0 Å². The van der Waals surface area contributed by atoms with Crippen molar-refractivity contribution in [2.24, 2.45) is 0 Å². The molecule has 1 aliphatic rings. The lowest BCUT2D eigenvalue weighted by Gasteiger charge is -2.34. The number of ether oxygens (including phenoxy) is 1. The normalized spacial score (nSPS) is 15.0. The third-order valence-corrected chi connectivity index (χ3v) is 6.72. The van der Waals surface area contributed by atoms with Crippen LogP contribution in [0.15, 0.2) is 74.1 Å². The van der Waals surface area contributed by atoms with Gasteiger partial charge in [0, 0.05) is 29.2 Å². The molecule has 6 rings (SSSR count). The number of carbonyl (C=O) groups is 1. The monoisotopic (exact) mass is 509 g/mol. The molecule has 2 aromatic carbocycles. The first-order valence-corrected chi connectivity index (χ1v) is 12.0. The van der Waals surface area contributed by atoms with Crippen LogP contribution in [0.1, 0.15) is 11.6 Å². The maximum Gasteiger partial charge on any atom is 0.250 e. The Morgan fingerprint density at radius 3 is 2.89 bits per heavy atom. The SMILES string of the molecule is C=CCOc1cc2cc(-c3nn(C4Cc5ccccc5N(C(=O)C=C)C4)c4ncnc(N)c34)[nH]c2cc1F. The van der Waals surface area contributed by atoms with Crippen LogP contribution in [-0.4, -0.2) is 43.8 Å². The van der Waals surface area contributed by atoms with E-state index in [0.29, 0.717) is 40.9 Å². The van der Waals surface area contributed by atoms with E-state index in [1.54, 1.807) is 21.7 Å². The van der Waals surface area contributed by atoms with Crippen molar-refractivity contribution >= 4 is 39.3 Å². The zero-order chi connectivity index (χ0) is 26.4. The molecule has 1 aliphatic heterocycles. The molecule has 0 saturated heterocycles. The number of para-hydroxylation sites is 1. The molecule has 4 heterocycles. The van der Waals surface area contributed by atoms with Gasteiger partial charge in [0.2, 0.25) is 5.91 Å². The molecular formula is C28H24FN7O2. The number of rotatable bonds is 6. The van der Waals surface area contributed by atoms with Gasteiger partial charge in [0.15, 0.2) is 17.2 Å². The number of hydrogen-bond acceptors (Lipinski definition) is 6. The highest BCUT2D eigenvalue weighted by atomic mass is 19.1. The molecule has 3 aromatic heterocycles. The number of nitrogens with two attached hydrogens (primary N) is 1. The van der Waals surface area contributed by atoms with Gasteiger partial charge < -0.3 is 20.4 Å².